The molecule has 0 bridgehead atoms. The van der Waals surface area contributed by atoms with Gasteiger partial charge in [0, 0.05) is 19.6 Å². The summed E-state index contributed by atoms with van der Waals surface area (Å²) in [5.74, 6) is 0.293. The second-order valence-electron chi connectivity index (χ2n) is 8.01. The van der Waals surface area contributed by atoms with Crippen molar-refractivity contribution in [3.05, 3.63) is 101 Å². The van der Waals surface area contributed by atoms with Gasteiger partial charge in [0.05, 0.1) is 5.56 Å². The zero-order valence-corrected chi connectivity index (χ0v) is 18.3. The summed E-state index contributed by atoms with van der Waals surface area (Å²) >= 11 is 0. The summed E-state index contributed by atoms with van der Waals surface area (Å²) in [6.07, 6.45) is -5.19. The smallest absolute Gasteiger partial charge is 0.416 e. The number of halogens is 3. The molecule has 1 atom stereocenters. The molecule has 3 nitrogen and oxygen atoms in total. The van der Waals surface area contributed by atoms with Crippen LogP contribution in [0, 0.1) is 13.8 Å². The monoisotopic (exact) mass is 443 g/mol. The Morgan fingerprint density at radius 1 is 0.812 bits per heavy atom. The quantitative estimate of drug-likeness (QED) is 0.456. The molecule has 0 aliphatic heterocycles. The van der Waals surface area contributed by atoms with Gasteiger partial charge in [-0.1, -0.05) is 48.5 Å². The third-order valence-electron chi connectivity index (χ3n) is 5.40. The Labute approximate surface area is 187 Å². The van der Waals surface area contributed by atoms with Crippen LogP contribution in [0.2, 0.25) is 0 Å². The number of rotatable bonds is 9. The summed E-state index contributed by atoms with van der Waals surface area (Å²) in [7, 11) is 0. The molecule has 0 aromatic heterocycles. The van der Waals surface area contributed by atoms with Gasteiger partial charge in [0.2, 0.25) is 0 Å². The van der Waals surface area contributed by atoms with Crippen molar-refractivity contribution in [2.24, 2.45) is 0 Å². The molecule has 3 aromatic rings. The first-order chi connectivity index (χ1) is 15.2. The summed E-state index contributed by atoms with van der Waals surface area (Å²) in [5.41, 5.74) is 3.98. The van der Waals surface area contributed by atoms with Crippen molar-refractivity contribution >= 4 is 0 Å². The first kappa shape index (κ1) is 23.8. The van der Waals surface area contributed by atoms with Crippen LogP contribution in [-0.4, -0.2) is 29.3 Å². The fraction of sp³-hybridized carbons (Fsp3) is 0.308. The molecule has 0 aliphatic rings. The number of nitrogens with zero attached hydrogens (tertiary/aromatic N) is 1. The van der Waals surface area contributed by atoms with Crippen LogP contribution in [0.25, 0.3) is 0 Å². The number of aliphatic hydroxyl groups excluding tert-OH is 1. The van der Waals surface area contributed by atoms with Gasteiger partial charge in [0.1, 0.15) is 18.5 Å². The first-order valence-corrected chi connectivity index (χ1v) is 10.5. The summed E-state index contributed by atoms with van der Waals surface area (Å²) in [5, 5.41) is 10.6. The summed E-state index contributed by atoms with van der Waals surface area (Å²) in [6, 6.07) is 20.8. The molecule has 6 heteroatoms. The SMILES string of the molecule is Cc1ccccc1CN(Cc1ccccc1C)CC(O)COc1ccc(C(F)(F)F)cc1. The van der Waals surface area contributed by atoms with E-state index in [4.69, 9.17) is 4.74 Å². The van der Waals surface area contributed by atoms with E-state index in [-0.39, 0.29) is 6.61 Å². The molecule has 0 spiro atoms. The summed E-state index contributed by atoms with van der Waals surface area (Å²) in [6.45, 7) is 5.81. The zero-order valence-electron chi connectivity index (χ0n) is 18.3. The van der Waals surface area contributed by atoms with Gasteiger partial charge in [0.15, 0.2) is 0 Å². The van der Waals surface area contributed by atoms with Crippen LogP contribution >= 0.6 is 0 Å². The Morgan fingerprint density at radius 2 is 1.31 bits per heavy atom. The molecule has 0 saturated heterocycles. The van der Waals surface area contributed by atoms with E-state index >= 15 is 0 Å². The van der Waals surface area contributed by atoms with Crippen LogP contribution in [0.4, 0.5) is 13.2 Å². The van der Waals surface area contributed by atoms with Crippen molar-refractivity contribution in [1.82, 2.24) is 4.90 Å². The lowest BCUT2D eigenvalue weighted by molar-refractivity contribution is -0.137. The second-order valence-corrected chi connectivity index (χ2v) is 8.01. The Hall–Kier alpha value is -2.83. The molecule has 32 heavy (non-hydrogen) atoms. The Balaban J connectivity index is 1.65. The van der Waals surface area contributed by atoms with E-state index in [1.54, 1.807) is 0 Å². The molecule has 3 rings (SSSR count). The Bertz CT molecular complexity index is 955. The van der Waals surface area contributed by atoms with Gasteiger partial charge in [-0.2, -0.15) is 13.2 Å². The van der Waals surface area contributed by atoms with Crippen LogP contribution < -0.4 is 4.74 Å². The highest BCUT2D eigenvalue weighted by Crippen LogP contribution is 2.30. The molecule has 170 valence electrons. The highest BCUT2D eigenvalue weighted by molar-refractivity contribution is 5.29. The van der Waals surface area contributed by atoms with Crippen molar-refractivity contribution in [2.45, 2.75) is 39.2 Å². The minimum atomic E-state index is -4.39. The topological polar surface area (TPSA) is 32.7 Å². The minimum Gasteiger partial charge on any atom is -0.491 e. The van der Waals surface area contributed by atoms with Gasteiger partial charge in [0.25, 0.3) is 0 Å². The number of hydrogen-bond donors (Lipinski definition) is 1. The molecule has 0 radical (unpaired) electrons. The molecule has 0 fully saturated rings. The number of aliphatic hydroxyl groups is 1. The molecule has 0 heterocycles. The van der Waals surface area contributed by atoms with E-state index in [9.17, 15) is 18.3 Å². The average Bonchev–Trinajstić information content (AvgIpc) is 2.75. The lowest BCUT2D eigenvalue weighted by Crippen LogP contribution is -2.35. The molecular weight excluding hydrogens is 415 g/mol. The number of benzene rings is 3. The van der Waals surface area contributed by atoms with Gasteiger partial charge < -0.3 is 9.84 Å². The van der Waals surface area contributed by atoms with E-state index in [1.807, 2.05) is 24.3 Å². The van der Waals surface area contributed by atoms with Gasteiger partial charge in [-0.05, 0) is 60.4 Å². The predicted octanol–water partition coefficient (Wildman–Crippen LogP) is 5.76. The number of hydrogen-bond acceptors (Lipinski definition) is 3. The maximum absolute atomic E-state index is 12.7. The average molecular weight is 444 g/mol. The lowest BCUT2D eigenvalue weighted by atomic mass is 10.1. The van der Waals surface area contributed by atoms with E-state index in [0.717, 1.165) is 12.1 Å². The summed E-state index contributed by atoms with van der Waals surface area (Å²) < 4.78 is 43.7. The molecule has 0 saturated carbocycles. The number of aryl methyl sites for hydroxylation is 2. The minimum absolute atomic E-state index is 0.0105. The van der Waals surface area contributed by atoms with Crippen LogP contribution in [0.3, 0.4) is 0 Å². The van der Waals surface area contributed by atoms with E-state index in [0.29, 0.717) is 25.4 Å². The maximum Gasteiger partial charge on any atom is 0.416 e. The predicted molar refractivity (Wildman–Crippen MR) is 119 cm³/mol. The first-order valence-electron chi connectivity index (χ1n) is 10.5. The van der Waals surface area contributed by atoms with E-state index in [2.05, 4.69) is 43.0 Å². The zero-order chi connectivity index (χ0) is 23.1. The Morgan fingerprint density at radius 3 is 1.78 bits per heavy atom. The van der Waals surface area contributed by atoms with Crippen LogP contribution in [0.1, 0.15) is 27.8 Å². The van der Waals surface area contributed by atoms with Crippen molar-refractivity contribution in [2.75, 3.05) is 13.2 Å². The van der Waals surface area contributed by atoms with Gasteiger partial charge in [-0.3, -0.25) is 4.90 Å². The van der Waals surface area contributed by atoms with Crippen LogP contribution in [0.15, 0.2) is 72.8 Å². The number of alkyl halides is 3. The van der Waals surface area contributed by atoms with Crippen molar-refractivity contribution < 1.29 is 23.0 Å². The number of ether oxygens (including phenoxy) is 1. The van der Waals surface area contributed by atoms with Gasteiger partial charge in [-0.25, -0.2) is 0 Å². The molecule has 1 unspecified atom stereocenters. The van der Waals surface area contributed by atoms with E-state index < -0.39 is 17.8 Å². The van der Waals surface area contributed by atoms with Crippen LogP contribution in [0.5, 0.6) is 5.75 Å². The maximum atomic E-state index is 12.7. The fourth-order valence-electron chi connectivity index (χ4n) is 3.53. The molecule has 0 aliphatic carbocycles. The lowest BCUT2D eigenvalue weighted by Gasteiger charge is -2.26. The highest BCUT2D eigenvalue weighted by Gasteiger charge is 2.30. The normalized spacial score (nSPS) is 12.7. The third kappa shape index (κ3) is 6.84. The van der Waals surface area contributed by atoms with Gasteiger partial charge in [-0.15, -0.1) is 0 Å². The van der Waals surface area contributed by atoms with Gasteiger partial charge >= 0.3 is 6.18 Å². The van der Waals surface area contributed by atoms with Crippen molar-refractivity contribution in [3.63, 3.8) is 0 Å². The van der Waals surface area contributed by atoms with E-state index in [1.165, 1.54) is 34.4 Å². The van der Waals surface area contributed by atoms with Crippen molar-refractivity contribution in [1.29, 1.82) is 0 Å². The van der Waals surface area contributed by atoms with Crippen LogP contribution in [-0.2, 0) is 19.3 Å². The molecule has 3 aromatic carbocycles. The standard InChI is InChI=1S/C26H28F3NO2/c1-19-7-3-5-9-21(19)15-30(16-22-10-6-4-8-20(22)2)17-24(31)18-32-25-13-11-23(12-14-25)26(27,28)29/h3-14,24,31H,15-18H2,1-2H3. The summed E-state index contributed by atoms with van der Waals surface area (Å²) in [4.78, 5) is 2.16. The molecule has 0 amide bonds. The molecular formula is C26H28F3NO2. The molecule has 1 N–H and O–H groups in total. The highest BCUT2D eigenvalue weighted by atomic mass is 19.4. The largest absolute Gasteiger partial charge is 0.491 e. The third-order valence-corrected chi connectivity index (χ3v) is 5.40. The fourth-order valence-corrected chi connectivity index (χ4v) is 3.53. The second kappa shape index (κ2) is 10.7. The van der Waals surface area contributed by atoms with Crippen molar-refractivity contribution in [3.8, 4) is 5.75 Å². The Kier molecular flexibility index (Phi) is 7.94.